The highest BCUT2D eigenvalue weighted by Gasteiger charge is 2.43. The zero-order valence-electron chi connectivity index (χ0n) is 9.58. The van der Waals surface area contributed by atoms with E-state index in [1.807, 2.05) is 11.9 Å². The molecule has 2 aliphatic carbocycles. The zero-order valence-corrected chi connectivity index (χ0v) is 10.3. The van der Waals surface area contributed by atoms with Crippen LogP contribution in [0.25, 0.3) is 0 Å². The number of rotatable bonds is 2. The standard InChI is InChI=1S/C12H20ClNO/c1-8-7-9(8)12(15)14(2)11-6-4-3-5-10(11)13/h8-11H,3-7H2,1-2H3. The van der Waals surface area contributed by atoms with Gasteiger partial charge in [-0.2, -0.15) is 0 Å². The minimum absolute atomic E-state index is 0.168. The number of alkyl halides is 1. The average molecular weight is 230 g/mol. The Hall–Kier alpha value is -0.240. The minimum atomic E-state index is 0.168. The molecule has 2 fully saturated rings. The van der Waals surface area contributed by atoms with Gasteiger partial charge in [-0.25, -0.2) is 0 Å². The fraction of sp³-hybridized carbons (Fsp3) is 0.917. The summed E-state index contributed by atoms with van der Waals surface area (Å²) in [5, 5.41) is 0.168. The van der Waals surface area contributed by atoms with Crippen LogP contribution in [-0.4, -0.2) is 29.3 Å². The molecule has 2 aliphatic rings. The Labute approximate surface area is 97.0 Å². The van der Waals surface area contributed by atoms with Gasteiger partial charge in [0.05, 0.1) is 5.38 Å². The predicted octanol–water partition coefficient (Wildman–Crippen LogP) is 2.65. The van der Waals surface area contributed by atoms with Crippen molar-refractivity contribution in [2.75, 3.05) is 7.05 Å². The average Bonchev–Trinajstić information content (AvgIpc) is 2.94. The highest BCUT2D eigenvalue weighted by atomic mass is 35.5. The third-order valence-corrected chi connectivity index (χ3v) is 4.43. The topological polar surface area (TPSA) is 20.3 Å². The van der Waals surface area contributed by atoms with Gasteiger partial charge in [-0.3, -0.25) is 4.79 Å². The molecule has 0 heterocycles. The lowest BCUT2D eigenvalue weighted by Gasteiger charge is -2.35. The Morgan fingerprint density at radius 2 is 1.93 bits per heavy atom. The molecule has 4 atom stereocenters. The van der Waals surface area contributed by atoms with Gasteiger partial charge < -0.3 is 4.90 Å². The van der Waals surface area contributed by atoms with Crippen molar-refractivity contribution in [3.05, 3.63) is 0 Å². The summed E-state index contributed by atoms with van der Waals surface area (Å²) >= 11 is 6.29. The van der Waals surface area contributed by atoms with E-state index >= 15 is 0 Å². The van der Waals surface area contributed by atoms with Crippen molar-refractivity contribution in [2.24, 2.45) is 11.8 Å². The van der Waals surface area contributed by atoms with Crippen LogP contribution in [-0.2, 0) is 4.79 Å². The van der Waals surface area contributed by atoms with Gasteiger partial charge in [0.15, 0.2) is 0 Å². The summed E-state index contributed by atoms with van der Waals surface area (Å²) in [6, 6.07) is 0.278. The monoisotopic (exact) mass is 229 g/mol. The lowest BCUT2D eigenvalue weighted by atomic mass is 9.93. The second-order valence-corrected chi connectivity index (χ2v) is 5.70. The molecule has 4 unspecified atom stereocenters. The summed E-state index contributed by atoms with van der Waals surface area (Å²) in [7, 11) is 1.93. The van der Waals surface area contributed by atoms with Crippen molar-refractivity contribution in [3.63, 3.8) is 0 Å². The third-order valence-electron chi connectivity index (χ3n) is 3.92. The van der Waals surface area contributed by atoms with E-state index in [0.717, 1.165) is 19.3 Å². The Kier molecular flexibility index (Phi) is 3.24. The van der Waals surface area contributed by atoms with E-state index in [0.29, 0.717) is 17.7 Å². The van der Waals surface area contributed by atoms with Crippen molar-refractivity contribution in [2.45, 2.75) is 50.4 Å². The highest BCUT2D eigenvalue weighted by Crippen LogP contribution is 2.40. The van der Waals surface area contributed by atoms with Crippen LogP contribution >= 0.6 is 11.6 Å². The first-order valence-electron chi connectivity index (χ1n) is 6.02. The van der Waals surface area contributed by atoms with Crippen LogP contribution in [0.5, 0.6) is 0 Å². The first-order chi connectivity index (χ1) is 7.11. The maximum absolute atomic E-state index is 12.0. The van der Waals surface area contributed by atoms with Crippen LogP contribution in [0.4, 0.5) is 0 Å². The van der Waals surface area contributed by atoms with E-state index in [1.54, 1.807) is 0 Å². The van der Waals surface area contributed by atoms with Gasteiger partial charge in [0, 0.05) is 19.0 Å². The lowest BCUT2D eigenvalue weighted by molar-refractivity contribution is -0.134. The van der Waals surface area contributed by atoms with Crippen LogP contribution < -0.4 is 0 Å². The zero-order chi connectivity index (χ0) is 11.0. The molecule has 0 spiro atoms. The molecule has 0 aromatic heterocycles. The van der Waals surface area contributed by atoms with Crippen LogP contribution in [0.3, 0.4) is 0 Å². The maximum Gasteiger partial charge on any atom is 0.226 e. The van der Waals surface area contributed by atoms with E-state index in [2.05, 4.69) is 6.92 Å². The van der Waals surface area contributed by atoms with E-state index in [1.165, 1.54) is 12.8 Å². The number of amides is 1. The molecule has 0 aromatic rings. The molecule has 1 amide bonds. The van der Waals surface area contributed by atoms with Gasteiger partial charge in [-0.15, -0.1) is 11.6 Å². The van der Waals surface area contributed by atoms with Crippen LogP contribution in [0.2, 0.25) is 0 Å². The Bertz CT molecular complexity index is 256. The van der Waals surface area contributed by atoms with Gasteiger partial charge in [0.2, 0.25) is 5.91 Å². The summed E-state index contributed by atoms with van der Waals surface area (Å²) in [5.74, 6) is 1.21. The van der Waals surface area contributed by atoms with Crippen molar-refractivity contribution in [1.82, 2.24) is 4.90 Å². The molecule has 3 heteroatoms. The maximum atomic E-state index is 12.0. The van der Waals surface area contributed by atoms with Crippen molar-refractivity contribution >= 4 is 17.5 Å². The molecular formula is C12H20ClNO. The Morgan fingerprint density at radius 3 is 2.47 bits per heavy atom. The van der Waals surface area contributed by atoms with Gasteiger partial charge >= 0.3 is 0 Å². The molecule has 0 saturated heterocycles. The van der Waals surface area contributed by atoms with Crippen molar-refractivity contribution in [1.29, 1.82) is 0 Å². The van der Waals surface area contributed by atoms with Crippen molar-refractivity contribution in [3.8, 4) is 0 Å². The fourth-order valence-corrected chi connectivity index (χ4v) is 3.04. The van der Waals surface area contributed by atoms with E-state index in [-0.39, 0.29) is 11.4 Å². The number of hydrogen-bond acceptors (Lipinski definition) is 1. The van der Waals surface area contributed by atoms with E-state index in [4.69, 9.17) is 11.6 Å². The summed E-state index contributed by atoms with van der Waals surface area (Å²) < 4.78 is 0. The first kappa shape index (κ1) is 11.3. The van der Waals surface area contributed by atoms with Crippen LogP contribution in [0.15, 0.2) is 0 Å². The first-order valence-corrected chi connectivity index (χ1v) is 6.45. The molecule has 0 aromatic carbocycles. The second kappa shape index (κ2) is 4.32. The smallest absolute Gasteiger partial charge is 0.226 e. The molecule has 2 saturated carbocycles. The summed E-state index contributed by atoms with van der Waals surface area (Å²) in [6.07, 6.45) is 5.64. The molecular weight excluding hydrogens is 210 g/mol. The van der Waals surface area contributed by atoms with Crippen molar-refractivity contribution < 1.29 is 4.79 Å². The molecule has 2 rings (SSSR count). The number of carbonyl (C=O) groups is 1. The van der Waals surface area contributed by atoms with E-state index < -0.39 is 0 Å². The fourth-order valence-electron chi connectivity index (χ4n) is 2.59. The van der Waals surface area contributed by atoms with Gasteiger partial charge in [-0.1, -0.05) is 19.8 Å². The molecule has 15 heavy (non-hydrogen) atoms. The van der Waals surface area contributed by atoms with Gasteiger partial charge in [-0.05, 0) is 25.2 Å². The molecule has 0 bridgehead atoms. The normalized spacial score (nSPS) is 39.9. The molecule has 2 nitrogen and oxygen atoms in total. The Morgan fingerprint density at radius 1 is 1.33 bits per heavy atom. The molecule has 86 valence electrons. The SMILES string of the molecule is CC1CC1C(=O)N(C)C1CCCCC1Cl. The quantitative estimate of drug-likeness (QED) is 0.667. The minimum Gasteiger partial charge on any atom is -0.341 e. The van der Waals surface area contributed by atoms with Gasteiger partial charge in [0.25, 0.3) is 0 Å². The Balaban J connectivity index is 1.93. The van der Waals surface area contributed by atoms with E-state index in [9.17, 15) is 4.79 Å². The second-order valence-electron chi connectivity index (χ2n) is 5.14. The number of hydrogen-bond donors (Lipinski definition) is 0. The summed E-state index contributed by atoms with van der Waals surface area (Å²) in [5.41, 5.74) is 0. The number of nitrogens with zero attached hydrogens (tertiary/aromatic N) is 1. The number of carbonyl (C=O) groups excluding carboxylic acids is 1. The largest absolute Gasteiger partial charge is 0.341 e. The van der Waals surface area contributed by atoms with Crippen LogP contribution in [0.1, 0.15) is 39.0 Å². The predicted molar refractivity (Wildman–Crippen MR) is 61.9 cm³/mol. The summed E-state index contributed by atoms with van der Waals surface area (Å²) in [4.78, 5) is 13.9. The highest BCUT2D eigenvalue weighted by molar-refractivity contribution is 6.21. The molecule has 0 aliphatic heterocycles. The van der Waals surface area contributed by atoms with Gasteiger partial charge in [0.1, 0.15) is 0 Å². The third kappa shape index (κ3) is 2.30. The molecule has 0 N–H and O–H groups in total. The molecule has 0 radical (unpaired) electrons. The summed E-state index contributed by atoms with van der Waals surface area (Å²) in [6.45, 7) is 2.15. The lowest BCUT2D eigenvalue weighted by Crippen LogP contribution is -2.45. The number of halogens is 1. The van der Waals surface area contributed by atoms with Crippen LogP contribution in [0, 0.1) is 11.8 Å².